The van der Waals surface area contributed by atoms with Crippen LogP contribution in [0.15, 0.2) is 70.3 Å². The molecule has 0 saturated heterocycles. The van der Waals surface area contributed by atoms with E-state index in [4.69, 9.17) is 14.0 Å². The molecule has 162 valence electrons. The normalized spacial score (nSPS) is 14.8. The zero-order valence-electron chi connectivity index (χ0n) is 17.1. The average molecular weight is 449 g/mol. The number of amides is 1. The van der Waals surface area contributed by atoms with E-state index in [0.29, 0.717) is 40.7 Å². The number of thioether (sulfide) groups is 1. The number of benzene rings is 2. The summed E-state index contributed by atoms with van der Waals surface area (Å²) in [6, 6.07) is 18.9. The Hall–Kier alpha value is -3.79. The van der Waals surface area contributed by atoms with Crippen molar-refractivity contribution in [3.05, 3.63) is 72.2 Å². The lowest BCUT2D eigenvalue weighted by atomic mass is 10.2. The fourth-order valence-corrected chi connectivity index (χ4v) is 4.04. The maximum Gasteiger partial charge on any atom is 0.236 e. The van der Waals surface area contributed by atoms with Crippen LogP contribution in [-0.2, 0) is 4.79 Å². The van der Waals surface area contributed by atoms with Gasteiger partial charge in [0.15, 0.2) is 34.4 Å². The predicted molar refractivity (Wildman–Crippen MR) is 117 cm³/mol. The van der Waals surface area contributed by atoms with Gasteiger partial charge in [0, 0.05) is 11.8 Å². The number of para-hydroxylation sites is 3. The molecule has 0 radical (unpaired) electrons. The number of carbonyl (C=O) groups excluding carboxylic acids is 1. The zero-order chi connectivity index (χ0) is 21.9. The first-order valence-corrected chi connectivity index (χ1v) is 10.9. The Labute approximate surface area is 187 Å². The summed E-state index contributed by atoms with van der Waals surface area (Å²) in [7, 11) is 0. The number of ether oxygens (including phenoxy) is 2. The van der Waals surface area contributed by atoms with Crippen LogP contribution in [0.4, 0.5) is 5.82 Å². The Morgan fingerprint density at radius 2 is 1.91 bits per heavy atom. The number of nitrogens with zero attached hydrogens (tertiary/aromatic N) is 4. The smallest absolute Gasteiger partial charge is 0.236 e. The summed E-state index contributed by atoms with van der Waals surface area (Å²) >= 11 is 1.27. The highest BCUT2D eigenvalue weighted by Gasteiger charge is 2.29. The van der Waals surface area contributed by atoms with Gasteiger partial charge in [-0.15, -0.1) is 10.2 Å². The number of hydrogen-bond acceptors (Lipinski definition) is 8. The van der Waals surface area contributed by atoms with Crippen molar-refractivity contribution in [1.82, 2.24) is 19.9 Å². The third-order valence-corrected chi connectivity index (χ3v) is 5.63. The van der Waals surface area contributed by atoms with E-state index in [9.17, 15) is 4.79 Å². The van der Waals surface area contributed by atoms with E-state index in [2.05, 4.69) is 20.7 Å². The third-order valence-electron chi connectivity index (χ3n) is 4.70. The van der Waals surface area contributed by atoms with Crippen LogP contribution in [0.3, 0.4) is 0 Å². The molecule has 0 fully saturated rings. The molecule has 1 aliphatic rings. The zero-order valence-corrected chi connectivity index (χ0v) is 17.9. The van der Waals surface area contributed by atoms with Crippen LogP contribution in [0.1, 0.15) is 17.7 Å². The van der Waals surface area contributed by atoms with Crippen LogP contribution in [-0.4, -0.2) is 38.2 Å². The molecule has 0 aliphatic carbocycles. The second kappa shape index (κ2) is 8.75. The number of rotatable bonds is 6. The molecule has 1 atom stereocenters. The van der Waals surface area contributed by atoms with Gasteiger partial charge in [-0.25, -0.2) is 0 Å². The Morgan fingerprint density at radius 1 is 1.12 bits per heavy atom. The van der Waals surface area contributed by atoms with E-state index >= 15 is 0 Å². The Balaban J connectivity index is 1.39. The largest absolute Gasteiger partial charge is 0.485 e. The van der Waals surface area contributed by atoms with Gasteiger partial charge in [0.05, 0.1) is 5.75 Å². The minimum Gasteiger partial charge on any atom is -0.485 e. The van der Waals surface area contributed by atoms with E-state index in [0.717, 1.165) is 5.69 Å². The lowest BCUT2D eigenvalue weighted by molar-refractivity contribution is -0.113. The van der Waals surface area contributed by atoms with E-state index in [1.54, 1.807) is 13.0 Å². The molecule has 1 N–H and O–H groups in total. The summed E-state index contributed by atoms with van der Waals surface area (Å²) in [5.41, 5.74) is 0.866. The van der Waals surface area contributed by atoms with Crippen molar-refractivity contribution in [3.63, 3.8) is 0 Å². The van der Waals surface area contributed by atoms with Gasteiger partial charge in [0.2, 0.25) is 5.91 Å². The van der Waals surface area contributed by atoms with Gasteiger partial charge in [-0.3, -0.25) is 9.36 Å². The maximum atomic E-state index is 12.4. The number of nitrogens with one attached hydrogen (secondary N) is 1. The Bertz CT molecular complexity index is 1240. The van der Waals surface area contributed by atoms with Crippen LogP contribution in [0.25, 0.3) is 5.69 Å². The molecule has 2 aromatic heterocycles. The Morgan fingerprint density at radius 3 is 2.69 bits per heavy atom. The number of aryl methyl sites for hydroxylation is 1. The number of fused-ring (bicyclic) bond motifs is 1. The van der Waals surface area contributed by atoms with Gasteiger partial charge in [0.25, 0.3) is 0 Å². The minimum atomic E-state index is -0.445. The molecule has 0 saturated carbocycles. The first-order valence-electron chi connectivity index (χ1n) is 9.92. The van der Waals surface area contributed by atoms with Crippen molar-refractivity contribution in [1.29, 1.82) is 0 Å². The van der Waals surface area contributed by atoms with Gasteiger partial charge >= 0.3 is 0 Å². The highest BCUT2D eigenvalue weighted by Crippen LogP contribution is 2.36. The van der Waals surface area contributed by atoms with Gasteiger partial charge in [-0.05, 0) is 31.2 Å². The van der Waals surface area contributed by atoms with Gasteiger partial charge in [-0.1, -0.05) is 47.3 Å². The number of aromatic nitrogens is 4. The Kier molecular flexibility index (Phi) is 5.51. The molecule has 5 rings (SSSR count). The first-order chi connectivity index (χ1) is 15.7. The second-order valence-corrected chi connectivity index (χ2v) is 7.98. The van der Waals surface area contributed by atoms with Crippen molar-refractivity contribution in [2.24, 2.45) is 0 Å². The number of hydrogen-bond donors (Lipinski definition) is 1. The fraction of sp³-hybridized carbons (Fsp3) is 0.182. The van der Waals surface area contributed by atoms with Gasteiger partial charge in [-0.2, -0.15) is 0 Å². The summed E-state index contributed by atoms with van der Waals surface area (Å²) in [4.78, 5) is 12.4. The van der Waals surface area contributed by atoms with Crippen LogP contribution >= 0.6 is 11.8 Å². The first kappa shape index (κ1) is 20.1. The molecule has 0 spiro atoms. The maximum absolute atomic E-state index is 12.4. The van der Waals surface area contributed by atoms with Crippen molar-refractivity contribution in [2.45, 2.75) is 18.2 Å². The van der Waals surface area contributed by atoms with E-state index < -0.39 is 6.10 Å². The summed E-state index contributed by atoms with van der Waals surface area (Å²) in [6.07, 6.45) is -0.445. The van der Waals surface area contributed by atoms with E-state index in [-0.39, 0.29) is 11.7 Å². The lowest BCUT2D eigenvalue weighted by Gasteiger charge is -2.26. The van der Waals surface area contributed by atoms with Crippen LogP contribution < -0.4 is 14.8 Å². The molecule has 2 aromatic carbocycles. The molecule has 1 aliphatic heterocycles. The predicted octanol–water partition coefficient (Wildman–Crippen LogP) is 3.81. The van der Waals surface area contributed by atoms with Crippen molar-refractivity contribution in [3.8, 4) is 17.2 Å². The second-order valence-electron chi connectivity index (χ2n) is 7.04. The van der Waals surface area contributed by atoms with Crippen molar-refractivity contribution in [2.75, 3.05) is 17.7 Å². The van der Waals surface area contributed by atoms with Gasteiger partial charge < -0.3 is 19.3 Å². The fourth-order valence-electron chi connectivity index (χ4n) is 3.28. The molecule has 4 aromatic rings. The van der Waals surface area contributed by atoms with E-state index in [1.807, 2.05) is 59.2 Å². The van der Waals surface area contributed by atoms with Gasteiger partial charge in [0.1, 0.15) is 12.4 Å². The van der Waals surface area contributed by atoms with Crippen molar-refractivity contribution < 1.29 is 18.8 Å². The SMILES string of the molecule is Cc1cc(NC(=O)CSc2nnc(C3COc4ccccc4O3)n2-c2ccccc2)no1. The summed E-state index contributed by atoms with van der Waals surface area (Å²) in [5.74, 6) is 2.86. The van der Waals surface area contributed by atoms with Crippen molar-refractivity contribution >= 4 is 23.5 Å². The summed E-state index contributed by atoms with van der Waals surface area (Å²) in [6.45, 7) is 2.06. The molecular weight excluding hydrogens is 430 g/mol. The van der Waals surface area contributed by atoms with Crippen LogP contribution in [0.5, 0.6) is 11.5 Å². The monoisotopic (exact) mass is 449 g/mol. The molecule has 0 bridgehead atoms. The van der Waals surface area contributed by atoms with Crippen LogP contribution in [0, 0.1) is 6.92 Å². The average Bonchev–Trinajstić information content (AvgIpc) is 3.43. The minimum absolute atomic E-state index is 0.127. The quantitative estimate of drug-likeness (QED) is 0.443. The molecular formula is C22H19N5O4S. The summed E-state index contributed by atoms with van der Waals surface area (Å²) < 4.78 is 18.9. The highest BCUT2D eigenvalue weighted by molar-refractivity contribution is 7.99. The van der Waals surface area contributed by atoms with Crippen LogP contribution in [0.2, 0.25) is 0 Å². The van der Waals surface area contributed by atoms with E-state index in [1.165, 1.54) is 11.8 Å². The molecule has 1 amide bonds. The topological polar surface area (TPSA) is 104 Å². The molecule has 10 heteroatoms. The standard InChI is InChI=1S/C22H19N5O4S/c1-14-11-19(26-31-14)23-20(28)13-32-22-25-24-21(27(22)15-7-3-2-4-8-15)18-12-29-16-9-5-6-10-17(16)30-18/h2-11,18H,12-13H2,1H3,(H,23,26,28). The molecule has 32 heavy (non-hydrogen) atoms. The highest BCUT2D eigenvalue weighted by atomic mass is 32.2. The summed E-state index contributed by atoms with van der Waals surface area (Å²) in [5, 5.41) is 15.8. The molecule has 9 nitrogen and oxygen atoms in total. The third kappa shape index (κ3) is 4.17. The number of carbonyl (C=O) groups is 1. The number of anilines is 1. The molecule has 3 heterocycles. The lowest BCUT2D eigenvalue weighted by Crippen LogP contribution is -2.24. The molecule has 1 unspecified atom stereocenters.